The first-order valence-electron chi connectivity index (χ1n) is 12.6. The van der Waals surface area contributed by atoms with Gasteiger partial charge >= 0.3 is 0 Å². The van der Waals surface area contributed by atoms with Crippen molar-refractivity contribution in [3.63, 3.8) is 0 Å². The van der Waals surface area contributed by atoms with E-state index in [1.165, 1.54) is 11.6 Å². The first-order chi connectivity index (χ1) is 18.3. The van der Waals surface area contributed by atoms with Gasteiger partial charge in [-0.2, -0.15) is 0 Å². The lowest BCUT2D eigenvalue weighted by Gasteiger charge is -2.37. The van der Waals surface area contributed by atoms with E-state index in [4.69, 9.17) is 23.8 Å². The number of benzene rings is 3. The van der Waals surface area contributed by atoms with Gasteiger partial charge in [0.25, 0.3) is 5.91 Å². The third-order valence-electron chi connectivity index (χ3n) is 6.42. The van der Waals surface area contributed by atoms with Crippen molar-refractivity contribution in [1.29, 1.82) is 0 Å². The maximum atomic E-state index is 12.8. The molecule has 1 saturated heterocycles. The van der Waals surface area contributed by atoms with Crippen molar-refractivity contribution in [3.05, 3.63) is 101 Å². The fraction of sp³-hybridized carbons (Fsp3) is 0.233. The molecule has 0 spiro atoms. The number of nitrogens with zero attached hydrogens (tertiary/aromatic N) is 2. The number of nitrogens with one attached hydrogen (secondary N) is 2. The summed E-state index contributed by atoms with van der Waals surface area (Å²) in [5.74, 6) is 0.158. The summed E-state index contributed by atoms with van der Waals surface area (Å²) >= 11 is 11.4. The second kappa shape index (κ2) is 12.7. The zero-order chi connectivity index (χ0) is 27.1. The Morgan fingerprint density at radius 3 is 2.24 bits per heavy atom. The summed E-state index contributed by atoms with van der Waals surface area (Å²) in [4.78, 5) is 29.3. The third-order valence-corrected chi connectivity index (χ3v) is 6.87. The second-order valence-corrected chi connectivity index (χ2v) is 10.2. The fourth-order valence-electron chi connectivity index (χ4n) is 4.25. The molecule has 3 aromatic rings. The van der Waals surface area contributed by atoms with Crippen LogP contribution in [0.5, 0.6) is 0 Å². The van der Waals surface area contributed by atoms with Crippen molar-refractivity contribution in [2.45, 2.75) is 19.8 Å². The molecule has 1 aliphatic heterocycles. The Bertz CT molecular complexity index is 1310. The highest BCUT2D eigenvalue weighted by molar-refractivity contribution is 7.80. The van der Waals surface area contributed by atoms with E-state index in [1.54, 1.807) is 30.3 Å². The molecule has 0 radical (unpaired) electrons. The number of para-hydroxylation sites is 2. The minimum absolute atomic E-state index is 0.000497. The third kappa shape index (κ3) is 7.21. The lowest BCUT2D eigenvalue weighted by molar-refractivity contribution is -0.115. The highest BCUT2D eigenvalue weighted by Gasteiger charge is 2.23. The number of halogens is 1. The quantitative estimate of drug-likeness (QED) is 0.295. The van der Waals surface area contributed by atoms with E-state index in [9.17, 15) is 9.59 Å². The normalized spacial score (nSPS) is 13.6. The Morgan fingerprint density at radius 1 is 0.921 bits per heavy atom. The molecular weight excluding hydrogens is 516 g/mol. The maximum absolute atomic E-state index is 12.8. The van der Waals surface area contributed by atoms with E-state index in [2.05, 4.69) is 41.5 Å². The first-order valence-corrected chi connectivity index (χ1v) is 13.4. The summed E-state index contributed by atoms with van der Waals surface area (Å²) < 4.78 is 0. The van der Waals surface area contributed by atoms with Crippen LogP contribution in [-0.2, 0) is 4.79 Å². The molecule has 4 rings (SSSR count). The molecule has 1 fully saturated rings. The summed E-state index contributed by atoms with van der Waals surface area (Å²) in [5.41, 5.74) is 4.59. The van der Waals surface area contributed by atoms with Gasteiger partial charge in [0, 0.05) is 42.8 Å². The van der Waals surface area contributed by atoms with E-state index in [-0.39, 0.29) is 16.9 Å². The fourth-order valence-corrected chi connectivity index (χ4v) is 4.59. The van der Waals surface area contributed by atoms with Crippen molar-refractivity contribution in [2.24, 2.45) is 0 Å². The number of hydrogen-bond donors (Lipinski definition) is 2. The van der Waals surface area contributed by atoms with Gasteiger partial charge < -0.3 is 15.1 Å². The number of rotatable bonds is 6. The molecule has 2 amide bonds. The molecule has 2 N–H and O–H groups in total. The molecule has 8 heteroatoms. The van der Waals surface area contributed by atoms with Crippen molar-refractivity contribution in [3.8, 4) is 0 Å². The van der Waals surface area contributed by atoms with Gasteiger partial charge in [-0.15, -0.1) is 0 Å². The number of anilines is 2. The molecule has 0 atom stereocenters. The van der Waals surface area contributed by atoms with Crippen LogP contribution in [0.15, 0.2) is 78.9 Å². The predicted molar refractivity (Wildman–Crippen MR) is 160 cm³/mol. The molecule has 0 aromatic heterocycles. The molecule has 0 bridgehead atoms. The lowest BCUT2D eigenvalue weighted by atomic mass is 10.0. The van der Waals surface area contributed by atoms with Crippen LogP contribution in [0.2, 0.25) is 5.02 Å². The molecule has 38 heavy (non-hydrogen) atoms. The number of piperazine rings is 1. The van der Waals surface area contributed by atoms with Crippen LogP contribution in [0.25, 0.3) is 6.08 Å². The van der Waals surface area contributed by atoms with Gasteiger partial charge in [0.15, 0.2) is 5.11 Å². The maximum Gasteiger partial charge on any atom is 0.253 e. The average molecular weight is 547 g/mol. The van der Waals surface area contributed by atoms with Crippen molar-refractivity contribution in [1.82, 2.24) is 10.2 Å². The molecule has 6 nitrogen and oxygen atoms in total. The molecule has 0 unspecified atom stereocenters. The SMILES string of the molecule is CC(C)c1ccc(/C=C/C(=O)NC(=S)Nc2ccccc2N2CCN(C(=O)c3ccc(Cl)cc3)CC2)cc1. The number of amides is 2. The summed E-state index contributed by atoms with van der Waals surface area (Å²) in [5, 5.41) is 6.70. The van der Waals surface area contributed by atoms with Gasteiger partial charge in [0.2, 0.25) is 5.91 Å². The van der Waals surface area contributed by atoms with E-state index < -0.39 is 0 Å². The van der Waals surface area contributed by atoms with Gasteiger partial charge in [-0.3, -0.25) is 14.9 Å². The van der Waals surface area contributed by atoms with Crippen LogP contribution in [0.1, 0.15) is 41.3 Å². The Labute approximate surface area is 234 Å². The Kier molecular flexibility index (Phi) is 9.15. The van der Waals surface area contributed by atoms with Crippen LogP contribution in [0.4, 0.5) is 11.4 Å². The minimum Gasteiger partial charge on any atom is -0.366 e. The molecule has 3 aromatic carbocycles. The number of thiocarbonyl (C=S) groups is 1. The zero-order valence-electron chi connectivity index (χ0n) is 21.5. The standard InChI is InChI=1S/C30H31ClN4O2S/c1-21(2)23-10-7-22(8-11-23)9-16-28(36)33-30(38)32-26-5-3-4-6-27(26)34-17-19-35(20-18-34)29(37)24-12-14-25(31)15-13-24/h3-16,21H,17-20H2,1-2H3,(H2,32,33,36,38)/b16-9+. The molecule has 1 heterocycles. The van der Waals surface area contributed by atoms with E-state index >= 15 is 0 Å². The second-order valence-electron chi connectivity index (χ2n) is 9.40. The number of carbonyl (C=O) groups excluding carboxylic acids is 2. The van der Waals surface area contributed by atoms with Crippen LogP contribution >= 0.6 is 23.8 Å². The van der Waals surface area contributed by atoms with Crippen molar-refractivity contribution >= 4 is 58.2 Å². The van der Waals surface area contributed by atoms with Crippen molar-refractivity contribution < 1.29 is 9.59 Å². The van der Waals surface area contributed by atoms with Gasteiger partial charge in [-0.1, -0.05) is 61.8 Å². The van der Waals surface area contributed by atoms with Crippen LogP contribution < -0.4 is 15.5 Å². The van der Waals surface area contributed by atoms with Gasteiger partial charge in [0.1, 0.15) is 0 Å². The van der Waals surface area contributed by atoms with Crippen LogP contribution in [0, 0.1) is 0 Å². The predicted octanol–water partition coefficient (Wildman–Crippen LogP) is 5.95. The number of hydrogen-bond acceptors (Lipinski definition) is 4. The van der Waals surface area contributed by atoms with E-state index in [0.717, 1.165) is 16.9 Å². The molecule has 1 aliphatic rings. The van der Waals surface area contributed by atoms with Gasteiger partial charge in [0.05, 0.1) is 11.4 Å². The minimum atomic E-state index is -0.303. The van der Waals surface area contributed by atoms with Gasteiger partial charge in [-0.25, -0.2) is 0 Å². The molecule has 0 saturated carbocycles. The molecular formula is C30H31ClN4O2S. The molecule has 196 valence electrons. The summed E-state index contributed by atoms with van der Waals surface area (Å²) in [6.45, 7) is 6.84. The molecule has 0 aliphatic carbocycles. The highest BCUT2D eigenvalue weighted by atomic mass is 35.5. The summed E-state index contributed by atoms with van der Waals surface area (Å²) in [7, 11) is 0. The van der Waals surface area contributed by atoms with Crippen LogP contribution in [-0.4, -0.2) is 48.0 Å². The Hall–Kier alpha value is -3.68. The number of carbonyl (C=O) groups is 2. The lowest BCUT2D eigenvalue weighted by Crippen LogP contribution is -2.49. The topological polar surface area (TPSA) is 64.7 Å². The summed E-state index contributed by atoms with van der Waals surface area (Å²) in [6, 6.07) is 22.9. The highest BCUT2D eigenvalue weighted by Crippen LogP contribution is 2.27. The Balaban J connectivity index is 1.32. The van der Waals surface area contributed by atoms with Crippen molar-refractivity contribution in [2.75, 3.05) is 36.4 Å². The largest absolute Gasteiger partial charge is 0.366 e. The van der Waals surface area contributed by atoms with Gasteiger partial charge in [-0.05, 0) is 71.7 Å². The first kappa shape index (κ1) is 27.4. The van der Waals surface area contributed by atoms with Crippen LogP contribution in [0.3, 0.4) is 0 Å². The zero-order valence-corrected chi connectivity index (χ0v) is 23.1. The monoisotopic (exact) mass is 546 g/mol. The Morgan fingerprint density at radius 2 is 1.58 bits per heavy atom. The average Bonchev–Trinajstić information content (AvgIpc) is 2.92. The van der Waals surface area contributed by atoms with E-state index in [0.29, 0.717) is 42.7 Å². The summed E-state index contributed by atoms with van der Waals surface area (Å²) in [6.07, 6.45) is 3.24. The smallest absolute Gasteiger partial charge is 0.253 e. The van der Waals surface area contributed by atoms with E-state index in [1.807, 2.05) is 41.3 Å².